The van der Waals surface area contributed by atoms with Crippen LogP contribution in [0.3, 0.4) is 0 Å². The lowest BCUT2D eigenvalue weighted by molar-refractivity contribution is 0.498. The first-order valence-electron chi connectivity index (χ1n) is 5.12. The van der Waals surface area contributed by atoms with Gasteiger partial charge in [0.1, 0.15) is 11.3 Å². The molecule has 0 aromatic heterocycles. The van der Waals surface area contributed by atoms with Crippen LogP contribution >= 0.6 is 0 Å². The number of nitrogens with two attached hydrogens (primary N) is 1. The zero-order chi connectivity index (χ0) is 10.4. The van der Waals surface area contributed by atoms with E-state index in [1.54, 1.807) is 0 Å². The molecule has 0 spiro atoms. The highest BCUT2D eigenvalue weighted by atomic mass is 14.9. The number of amidine groups is 1. The molecule has 0 saturated heterocycles. The van der Waals surface area contributed by atoms with Crippen LogP contribution in [0, 0.1) is 16.7 Å². The molecule has 0 fully saturated rings. The van der Waals surface area contributed by atoms with Gasteiger partial charge in [0.25, 0.3) is 0 Å². The van der Waals surface area contributed by atoms with Crippen LogP contribution < -0.4 is 5.73 Å². The number of hydrogen-bond acceptors (Lipinski definition) is 3. The molecule has 0 saturated carbocycles. The Bertz CT molecular complexity index is 285. The van der Waals surface area contributed by atoms with Crippen molar-refractivity contribution in [1.82, 2.24) is 0 Å². The van der Waals surface area contributed by atoms with Gasteiger partial charge in [-0.15, -0.1) is 0 Å². The van der Waals surface area contributed by atoms with E-state index < -0.39 is 5.41 Å². The summed E-state index contributed by atoms with van der Waals surface area (Å²) in [5, 5.41) is 9.11. The molecule has 0 aromatic carbocycles. The Morgan fingerprint density at radius 1 is 1.64 bits per heavy atom. The summed E-state index contributed by atoms with van der Waals surface area (Å²) in [5.41, 5.74) is 5.27. The smallest absolute Gasteiger partial charge is 0.116 e. The van der Waals surface area contributed by atoms with Gasteiger partial charge in [0.05, 0.1) is 6.07 Å². The van der Waals surface area contributed by atoms with Crippen molar-refractivity contribution in [2.24, 2.45) is 16.1 Å². The average Bonchev–Trinajstić information content (AvgIpc) is 2.56. The van der Waals surface area contributed by atoms with Gasteiger partial charge in [0.15, 0.2) is 0 Å². The predicted octanol–water partition coefficient (Wildman–Crippen LogP) is 2.00. The molecule has 3 nitrogen and oxygen atoms in total. The summed E-state index contributed by atoms with van der Waals surface area (Å²) in [6.45, 7) is 2.80. The molecule has 0 aliphatic carbocycles. The minimum Gasteiger partial charge on any atom is -0.386 e. The van der Waals surface area contributed by atoms with Crippen LogP contribution in [0.5, 0.6) is 0 Å². The van der Waals surface area contributed by atoms with E-state index in [-0.39, 0.29) is 0 Å². The summed E-state index contributed by atoms with van der Waals surface area (Å²) >= 11 is 0. The molecule has 1 aliphatic rings. The van der Waals surface area contributed by atoms with Crippen molar-refractivity contribution in [3.63, 3.8) is 0 Å². The highest BCUT2D eigenvalue weighted by Gasteiger charge is 2.36. The number of aliphatic imine (C=N–C) groups is 1. The minimum atomic E-state index is -0.474. The van der Waals surface area contributed by atoms with Gasteiger partial charge >= 0.3 is 0 Å². The number of nitriles is 1. The van der Waals surface area contributed by atoms with E-state index in [0.29, 0.717) is 12.4 Å². The Balaban J connectivity index is 2.52. The van der Waals surface area contributed by atoms with Crippen molar-refractivity contribution >= 4 is 5.84 Å². The van der Waals surface area contributed by atoms with Crippen LogP contribution in [0.2, 0.25) is 0 Å². The van der Waals surface area contributed by atoms with Gasteiger partial charge in [0.2, 0.25) is 0 Å². The second-order valence-electron chi connectivity index (χ2n) is 3.63. The first-order valence-corrected chi connectivity index (χ1v) is 5.12. The summed E-state index contributed by atoms with van der Waals surface area (Å²) in [4.78, 5) is 4.11. The van der Waals surface area contributed by atoms with Crippen LogP contribution in [0.25, 0.3) is 0 Å². The summed E-state index contributed by atoms with van der Waals surface area (Å²) in [6, 6.07) is 2.31. The maximum absolute atomic E-state index is 9.11. The molecule has 0 bridgehead atoms. The maximum Gasteiger partial charge on any atom is 0.116 e. The van der Waals surface area contributed by atoms with Gasteiger partial charge < -0.3 is 5.73 Å². The Kier molecular flexibility index (Phi) is 3.70. The van der Waals surface area contributed by atoms with Crippen molar-refractivity contribution in [3.05, 3.63) is 12.2 Å². The summed E-state index contributed by atoms with van der Waals surface area (Å²) < 4.78 is 0. The summed E-state index contributed by atoms with van der Waals surface area (Å²) in [7, 11) is 0. The van der Waals surface area contributed by atoms with Crippen LogP contribution in [0.15, 0.2) is 17.1 Å². The third-order valence-corrected chi connectivity index (χ3v) is 2.67. The molecular weight excluding hydrogens is 174 g/mol. The van der Waals surface area contributed by atoms with Gasteiger partial charge in [-0.25, -0.2) is 0 Å². The van der Waals surface area contributed by atoms with E-state index in [1.165, 1.54) is 0 Å². The van der Waals surface area contributed by atoms with Gasteiger partial charge in [-0.3, -0.25) is 4.99 Å². The first-order chi connectivity index (χ1) is 6.75. The van der Waals surface area contributed by atoms with Gasteiger partial charge in [-0.2, -0.15) is 5.26 Å². The van der Waals surface area contributed by atoms with E-state index >= 15 is 0 Å². The van der Waals surface area contributed by atoms with Crippen molar-refractivity contribution in [2.75, 3.05) is 6.54 Å². The molecule has 1 rings (SSSR count). The zero-order valence-electron chi connectivity index (χ0n) is 8.66. The predicted molar refractivity (Wildman–Crippen MR) is 57.8 cm³/mol. The lowest BCUT2D eigenvalue weighted by Gasteiger charge is -2.18. The van der Waals surface area contributed by atoms with Gasteiger partial charge in [-0.1, -0.05) is 19.1 Å². The van der Waals surface area contributed by atoms with Crippen LogP contribution in [-0.2, 0) is 0 Å². The van der Waals surface area contributed by atoms with E-state index in [0.717, 1.165) is 25.7 Å². The Morgan fingerprint density at radius 2 is 2.43 bits per heavy atom. The molecule has 1 atom stereocenters. The molecule has 0 aromatic rings. The van der Waals surface area contributed by atoms with E-state index in [2.05, 4.69) is 30.1 Å². The fraction of sp³-hybridized carbons (Fsp3) is 0.636. The molecule has 0 radical (unpaired) electrons. The molecule has 3 heteroatoms. The molecule has 1 heterocycles. The maximum atomic E-state index is 9.11. The van der Waals surface area contributed by atoms with Crippen molar-refractivity contribution in [3.8, 4) is 6.07 Å². The number of allylic oxidation sites excluding steroid dienone is 2. The van der Waals surface area contributed by atoms with Crippen LogP contribution in [0.1, 0.15) is 32.6 Å². The molecule has 76 valence electrons. The number of nitrogens with zero attached hydrogens (tertiary/aromatic N) is 2. The van der Waals surface area contributed by atoms with Crippen molar-refractivity contribution in [1.29, 1.82) is 5.26 Å². The lowest BCUT2D eigenvalue weighted by Crippen LogP contribution is -2.32. The molecular formula is C11H17N3. The van der Waals surface area contributed by atoms with Crippen LogP contribution in [-0.4, -0.2) is 12.4 Å². The molecule has 0 amide bonds. The standard InChI is InChI=1S/C11H17N3/c1-2-3-4-5-6-11(9-12)7-8-14-10(11)13/h3-4H,2,5-8H2,1H3,(H2,13,14)/b4-3-. The average molecular weight is 191 g/mol. The molecule has 2 N–H and O–H groups in total. The number of hydrogen-bond donors (Lipinski definition) is 1. The monoisotopic (exact) mass is 191 g/mol. The molecule has 14 heavy (non-hydrogen) atoms. The van der Waals surface area contributed by atoms with Gasteiger partial charge in [0, 0.05) is 6.54 Å². The second-order valence-corrected chi connectivity index (χ2v) is 3.63. The Hall–Kier alpha value is -1.30. The Morgan fingerprint density at radius 3 is 2.93 bits per heavy atom. The molecule has 1 aliphatic heterocycles. The fourth-order valence-electron chi connectivity index (χ4n) is 1.68. The largest absolute Gasteiger partial charge is 0.386 e. The second kappa shape index (κ2) is 4.80. The normalized spacial score (nSPS) is 26.4. The highest BCUT2D eigenvalue weighted by Crippen LogP contribution is 2.32. The van der Waals surface area contributed by atoms with Crippen molar-refractivity contribution in [2.45, 2.75) is 32.6 Å². The minimum absolute atomic E-state index is 0.474. The molecule has 1 unspecified atom stereocenters. The third-order valence-electron chi connectivity index (χ3n) is 2.67. The highest BCUT2D eigenvalue weighted by molar-refractivity contribution is 5.90. The summed E-state index contributed by atoms with van der Waals surface area (Å²) in [5.74, 6) is 0.532. The Labute approximate surface area is 85.3 Å². The van der Waals surface area contributed by atoms with Gasteiger partial charge in [-0.05, 0) is 25.7 Å². The van der Waals surface area contributed by atoms with E-state index in [9.17, 15) is 0 Å². The van der Waals surface area contributed by atoms with E-state index in [4.69, 9.17) is 11.0 Å². The topological polar surface area (TPSA) is 62.2 Å². The quantitative estimate of drug-likeness (QED) is 0.691. The fourth-order valence-corrected chi connectivity index (χ4v) is 1.68. The zero-order valence-corrected chi connectivity index (χ0v) is 8.66. The third kappa shape index (κ3) is 2.14. The first kappa shape index (κ1) is 10.8. The van der Waals surface area contributed by atoms with Crippen molar-refractivity contribution < 1.29 is 0 Å². The lowest BCUT2D eigenvalue weighted by atomic mass is 9.82. The summed E-state index contributed by atoms with van der Waals surface area (Å²) in [6.07, 6.45) is 7.78. The SMILES string of the molecule is CC/C=C\CCC1(C#N)CCN=C1N. The van der Waals surface area contributed by atoms with E-state index in [1.807, 2.05) is 0 Å². The van der Waals surface area contributed by atoms with Crippen LogP contribution in [0.4, 0.5) is 0 Å². The number of rotatable bonds is 4.